The lowest BCUT2D eigenvalue weighted by Gasteiger charge is -2.18. The number of rotatable bonds is 7. The van der Waals surface area contributed by atoms with E-state index in [-0.39, 0.29) is 16.4 Å². The van der Waals surface area contributed by atoms with Crippen molar-refractivity contribution >= 4 is 21.8 Å². The van der Waals surface area contributed by atoms with Crippen LogP contribution in [0.4, 0.5) is 0 Å². The number of amides is 1. The van der Waals surface area contributed by atoms with Crippen molar-refractivity contribution in [2.45, 2.75) is 11.4 Å². The van der Waals surface area contributed by atoms with Gasteiger partial charge in [0.1, 0.15) is 6.61 Å². The highest BCUT2D eigenvalue weighted by Crippen LogP contribution is 2.09. The monoisotopic (exact) mass is 320 g/mol. The van der Waals surface area contributed by atoms with E-state index in [1.807, 2.05) is 0 Å². The lowest BCUT2D eigenvalue weighted by atomic mass is 10.3. The van der Waals surface area contributed by atoms with E-state index < -0.39 is 0 Å². The Morgan fingerprint density at radius 2 is 2.28 bits per heavy atom. The SMILES string of the molecule is COCc1cc(C(=O)N(C)CC(Br)COC)no1. The molecule has 0 aliphatic heterocycles. The standard InChI is InChI=1S/C11H17BrN2O4/c1-14(5-8(12)6-16-2)11(15)10-4-9(7-17-3)18-13-10/h4,8H,5-7H2,1-3H3. The van der Waals surface area contributed by atoms with Gasteiger partial charge in [0.05, 0.1) is 11.4 Å². The van der Waals surface area contributed by atoms with Crippen LogP contribution in [0.25, 0.3) is 0 Å². The van der Waals surface area contributed by atoms with Crippen molar-refractivity contribution in [3.05, 3.63) is 17.5 Å². The average molecular weight is 321 g/mol. The number of nitrogens with zero attached hydrogens (tertiary/aromatic N) is 2. The molecule has 0 N–H and O–H groups in total. The van der Waals surface area contributed by atoms with Crippen molar-refractivity contribution in [2.24, 2.45) is 0 Å². The summed E-state index contributed by atoms with van der Waals surface area (Å²) in [4.78, 5) is 13.7. The summed E-state index contributed by atoms with van der Waals surface area (Å²) in [5.74, 6) is 0.336. The van der Waals surface area contributed by atoms with Gasteiger partial charge >= 0.3 is 0 Å². The molecular formula is C11H17BrN2O4. The van der Waals surface area contributed by atoms with Gasteiger partial charge in [-0.05, 0) is 0 Å². The Morgan fingerprint density at radius 3 is 2.89 bits per heavy atom. The number of hydrogen-bond donors (Lipinski definition) is 0. The van der Waals surface area contributed by atoms with Crippen LogP contribution in [-0.4, -0.2) is 55.2 Å². The van der Waals surface area contributed by atoms with Crippen LogP contribution in [0, 0.1) is 0 Å². The third kappa shape index (κ3) is 4.40. The molecule has 0 spiro atoms. The van der Waals surface area contributed by atoms with E-state index in [1.165, 1.54) is 0 Å². The van der Waals surface area contributed by atoms with E-state index in [2.05, 4.69) is 21.1 Å². The van der Waals surface area contributed by atoms with Gasteiger partial charge in [0.25, 0.3) is 5.91 Å². The topological polar surface area (TPSA) is 64.8 Å². The molecule has 1 heterocycles. The number of hydrogen-bond acceptors (Lipinski definition) is 5. The molecule has 102 valence electrons. The van der Waals surface area contributed by atoms with E-state index in [4.69, 9.17) is 14.0 Å². The minimum Gasteiger partial charge on any atom is -0.383 e. The van der Waals surface area contributed by atoms with Gasteiger partial charge in [-0.25, -0.2) is 0 Å². The molecule has 1 aromatic rings. The summed E-state index contributed by atoms with van der Waals surface area (Å²) in [6.45, 7) is 1.36. The summed E-state index contributed by atoms with van der Waals surface area (Å²) in [7, 11) is 4.87. The Labute approximate surface area is 114 Å². The van der Waals surface area contributed by atoms with Gasteiger partial charge in [-0.15, -0.1) is 0 Å². The Hall–Kier alpha value is -0.920. The molecule has 7 heteroatoms. The summed E-state index contributed by atoms with van der Waals surface area (Å²) in [6.07, 6.45) is 0. The molecule has 0 aromatic carbocycles. The number of aromatic nitrogens is 1. The van der Waals surface area contributed by atoms with Crippen LogP contribution in [-0.2, 0) is 16.1 Å². The molecule has 0 aliphatic carbocycles. The average Bonchev–Trinajstić information content (AvgIpc) is 2.77. The molecule has 1 atom stereocenters. The van der Waals surface area contributed by atoms with Crippen LogP contribution in [0.1, 0.15) is 16.2 Å². The molecule has 1 aromatic heterocycles. The first-order chi connectivity index (χ1) is 8.58. The summed E-state index contributed by atoms with van der Waals surface area (Å²) in [5, 5.41) is 3.72. The summed E-state index contributed by atoms with van der Waals surface area (Å²) >= 11 is 3.43. The second-order valence-electron chi connectivity index (χ2n) is 3.85. The number of ether oxygens (including phenoxy) is 2. The summed E-state index contributed by atoms with van der Waals surface area (Å²) in [5.41, 5.74) is 0.279. The maximum absolute atomic E-state index is 12.0. The molecule has 0 radical (unpaired) electrons. The van der Waals surface area contributed by atoms with Crippen molar-refractivity contribution in [3.8, 4) is 0 Å². The highest BCUT2D eigenvalue weighted by atomic mass is 79.9. The van der Waals surface area contributed by atoms with Crippen LogP contribution in [0.15, 0.2) is 10.6 Å². The predicted molar refractivity (Wildman–Crippen MR) is 68.8 cm³/mol. The van der Waals surface area contributed by atoms with Crippen molar-refractivity contribution in [1.82, 2.24) is 10.1 Å². The van der Waals surface area contributed by atoms with Crippen molar-refractivity contribution in [1.29, 1.82) is 0 Å². The molecule has 0 bridgehead atoms. The third-order valence-electron chi connectivity index (χ3n) is 2.23. The minimum absolute atomic E-state index is 0.0850. The second kappa shape index (κ2) is 7.50. The van der Waals surface area contributed by atoms with E-state index in [0.717, 1.165) is 0 Å². The molecule has 18 heavy (non-hydrogen) atoms. The van der Waals surface area contributed by atoms with Crippen LogP contribution in [0.5, 0.6) is 0 Å². The molecular weight excluding hydrogens is 304 g/mol. The Kier molecular flexibility index (Phi) is 6.31. The van der Waals surface area contributed by atoms with Crippen molar-refractivity contribution in [3.63, 3.8) is 0 Å². The molecule has 0 saturated carbocycles. The van der Waals surface area contributed by atoms with Gasteiger partial charge in [0, 0.05) is 33.9 Å². The molecule has 1 rings (SSSR count). The minimum atomic E-state index is -0.193. The first kappa shape index (κ1) is 15.1. The van der Waals surface area contributed by atoms with Crippen LogP contribution >= 0.6 is 15.9 Å². The van der Waals surface area contributed by atoms with Gasteiger partial charge in [0.2, 0.25) is 0 Å². The van der Waals surface area contributed by atoms with Crippen LogP contribution < -0.4 is 0 Å². The van der Waals surface area contributed by atoms with Gasteiger partial charge in [-0.2, -0.15) is 0 Å². The fraction of sp³-hybridized carbons (Fsp3) is 0.636. The first-order valence-corrected chi connectivity index (χ1v) is 6.33. The van der Waals surface area contributed by atoms with E-state index >= 15 is 0 Å². The summed E-state index contributed by atoms with van der Waals surface area (Å²) < 4.78 is 14.9. The van der Waals surface area contributed by atoms with Crippen molar-refractivity contribution < 1.29 is 18.8 Å². The molecule has 6 nitrogen and oxygen atoms in total. The molecule has 0 aliphatic rings. The first-order valence-electron chi connectivity index (χ1n) is 5.41. The Morgan fingerprint density at radius 1 is 1.56 bits per heavy atom. The van der Waals surface area contributed by atoms with Crippen molar-refractivity contribution in [2.75, 3.05) is 34.4 Å². The van der Waals surface area contributed by atoms with Crippen LogP contribution in [0.3, 0.4) is 0 Å². The summed E-state index contributed by atoms with van der Waals surface area (Å²) in [6, 6.07) is 1.59. The van der Waals surface area contributed by atoms with E-state index in [9.17, 15) is 4.79 Å². The quantitative estimate of drug-likeness (QED) is 0.709. The van der Waals surface area contributed by atoms with E-state index in [1.54, 1.807) is 32.2 Å². The number of methoxy groups -OCH3 is 2. The Bertz CT molecular complexity index is 383. The number of carbonyl (C=O) groups excluding carboxylic acids is 1. The van der Waals surface area contributed by atoms with Gasteiger partial charge in [0.15, 0.2) is 11.5 Å². The smallest absolute Gasteiger partial charge is 0.275 e. The predicted octanol–water partition coefficient (Wildman–Crippen LogP) is 1.30. The van der Waals surface area contributed by atoms with Gasteiger partial charge in [-0.1, -0.05) is 21.1 Å². The molecule has 1 unspecified atom stereocenters. The number of alkyl halides is 1. The molecule has 0 saturated heterocycles. The van der Waals surface area contributed by atoms with Gasteiger partial charge < -0.3 is 18.9 Å². The molecule has 0 fully saturated rings. The highest BCUT2D eigenvalue weighted by Gasteiger charge is 2.19. The fourth-order valence-electron chi connectivity index (χ4n) is 1.43. The zero-order valence-corrected chi connectivity index (χ0v) is 12.3. The third-order valence-corrected chi connectivity index (χ3v) is 2.78. The maximum atomic E-state index is 12.0. The lowest BCUT2D eigenvalue weighted by Crippen LogP contribution is -2.33. The Balaban J connectivity index is 2.56. The zero-order valence-electron chi connectivity index (χ0n) is 10.7. The maximum Gasteiger partial charge on any atom is 0.275 e. The fourth-order valence-corrected chi connectivity index (χ4v) is 2.13. The largest absolute Gasteiger partial charge is 0.383 e. The van der Waals surface area contributed by atoms with E-state index in [0.29, 0.717) is 25.5 Å². The van der Waals surface area contributed by atoms with Gasteiger partial charge in [-0.3, -0.25) is 4.79 Å². The lowest BCUT2D eigenvalue weighted by molar-refractivity contribution is 0.0773. The second-order valence-corrected chi connectivity index (χ2v) is 5.14. The number of carbonyl (C=O) groups is 1. The number of halogens is 1. The van der Waals surface area contributed by atoms with Crippen LogP contribution in [0.2, 0.25) is 0 Å². The molecule has 1 amide bonds. The highest BCUT2D eigenvalue weighted by molar-refractivity contribution is 9.09. The normalized spacial score (nSPS) is 12.4. The zero-order chi connectivity index (χ0) is 13.5.